The van der Waals surface area contributed by atoms with E-state index in [4.69, 9.17) is 9.47 Å². The number of esters is 1. The number of anilines is 1. The summed E-state index contributed by atoms with van der Waals surface area (Å²) in [4.78, 5) is 16.3. The van der Waals surface area contributed by atoms with Crippen molar-refractivity contribution in [3.63, 3.8) is 0 Å². The molecule has 0 bridgehead atoms. The molecule has 1 N–H and O–H groups in total. The van der Waals surface area contributed by atoms with Crippen LogP contribution in [0.5, 0.6) is 0 Å². The van der Waals surface area contributed by atoms with E-state index >= 15 is 0 Å². The number of aromatic nitrogens is 1. The predicted molar refractivity (Wildman–Crippen MR) is 70.3 cm³/mol. The van der Waals surface area contributed by atoms with Gasteiger partial charge in [-0.2, -0.15) is 0 Å². The number of nitrogens with zero attached hydrogens (tertiary/aromatic N) is 1. The number of methoxy groups -OCH3 is 1. The number of hydrogen-bond acceptors (Lipinski definition) is 6. The van der Waals surface area contributed by atoms with Crippen LogP contribution in [0.15, 0.2) is 0 Å². The summed E-state index contributed by atoms with van der Waals surface area (Å²) in [6, 6.07) is 0. The Morgan fingerprint density at radius 2 is 2.44 bits per heavy atom. The van der Waals surface area contributed by atoms with Gasteiger partial charge in [-0.15, -0.1) is 0 Å². The summed E-state index contributed by atoms with van der Waals surface area (Å²) in [7, 11) is 1.38. The van der Waals surface area contributed by atoms with Crippen LogP contribution in [0.2, 0.25) is 0 Å². The van der Waals surface area contributed by atoms with Crippen LogP contribution in [0.1, 0.15) is 35.1 Å². The zero-order valence-electron chi connectivity index (χ0n) is 10.9. The van der Waals surface area contributed by atoms with Gasteiger partial charge in [0.1, 0.15) is 4.88 Å². The molecule has 2 rings (SSSR count). The number of ether oxygens (including phenoxy) is 2. The van der Waals surface area contributed by atoms with Crippen molar-refractivity contribution < 1.29 is 14.3 Å². The van der Waals surface area contributed by atoms with Crippen molar-refractivity contribution in [1.29, 1.82) is 0 Å². The lowest BCUT2D eigenvalue weighted by atomic mass is 10.0. The van der Waals surface area contributed by atoms with Gasteiger partial charge in [-0.1, -0.05) is 11.3 Å². The van der Waals surface area contributed by atoms with Crippen LogP contribution in [0.4, 0.5) is 5.13 Å². The molecule has 2 heterocycles. The first-order valence-corrected chi connectivity index (χ1v) is 6.79. The average molecular weight is 270 g/mol. The molecule has 0 amide bonds. The summed E-state index contributed by atoms with van der Waals surface area (Å²) >= 11 is 1.32. The lowest BCUT2D eigenvalue weighted by Crippen LogP contribution is -2.32. The number of carbonyl (C=O) groups is 1. The van der Waals surface area contributed by atoms with E-state index in [1.807, 2.05) is 6.92 Å². The van der Waals surface area contributed by atoms with Gasteiger partial charge < -0.3 is 14.8 Å². The van der Waals surface area contributed by atoms with Crippen LogP contribution in [0, 0.1) is 6.92 Å². The minimum atomic E-state index is -0.332. The Kier molecular flexibility index (Phi) is 3.87. The van der Waals surface area contributed by atoms with E-state index in [-0.39, 0.29) is 11.6 Å². The van der Waals surface area contributed by atoms with E-state index in [1.165, 1.54) is 18.4 Å². The fourth-order valence-corrected chi connectivity index (χ4v) is 2.87. The largest absolute Gasteiger partial charge is 0.465 e. The second-order valence-corrected chi connectivity index (χ2v) is 5.68. The van der Waals surface area contributed by atoms with Crippen molar-refractivity contribution in [2.24, 2.45) is 0 Å². The third-order valence-corrected chi connectivity index (χ3v) is 4.18. The normalized spacial score (nSPS) is 23.1. The quantitative estimate of drug-likeness (QED) is 0.850. The Morgan fingerprint density at radius 1 is 1.67 bits per heavy atom. The predicted octanol–water partition coefficient (Wildman–Crippen LogP) is 2.22. The second kappa shape index (κ2) is 5.24. The van der Waals surface area contributed by atoms with Gasteiger partial charge in [0.25, 0.3) is 0 Å². The highest BCUT2D eigenvalue weighted by molar-refractivity contribution is 7.17. The van der Waals surface area contributed by atoms with E-state index < -0.39 is 0 Å². The van der Waals surface area contributed by atoms with Crippen LogP contribution in [-0.4, -0.2) is 36.8 Å². The SMILES string of the molecule is COC(=O)c1sc(NCC2(C)CCCO2)nc1C. The molecule has 1 fully saturated rings. The van der Waals surface area contributed by atoms with E-state index in [9.17, 15) is 4.79 Å². The molecule has 6 heteroatoms. The van der Waals surface area contributed by atoms with Crippen molar-refractivity contribution in [2.75, 3.05) is 25.6 Å². The summed E-state index contributed by atoms with van der Waals surface area (Å²) < 4.78 is 10.4. The Bertz CT molecular complexity index is 439. The standard InChI is InChI=1S/C12H18N2O3S/c1-8-9(10(15)16-3)18-11(14-8)13-7-12(2)5-4-6-17-12/h4-7H2,1-3H3,(H,13,14). The minimum Gasteiger partial charge on any atom is -0.465 e. The summed E-state index contributed by atoms with van der Waals surface area (Å²) in [6.45, 7) is 5.43. The summed E-state index contributed by atoms with van der Waals surface area (Å²) in [5, 5.41) is 3.98. The van der Waals surface area contributed by atoms with Gasteiger partial charge in [0.2, 0.25) is 0 Å². The molecular formula is C12H18N2O3S. The molecule has 1 aliphatic rings. The van der Waals surface area contributed by atoms with Gasteiger partial charge in [0.05, 0.1) is 18.4 Å². The van der Waals surface area contributed by atoms with Gasteiger partial charge in [-0.05, 0) is 26.7 Å². The Morgan fingerprint density at radius 3 is 3.06 bits per heavy atom. The molecule has 100 valence electrons. The Labute approximate surface area is 111 Å². The lowest BCUT2D eigenvalue weighted by molar-refractivity contribution is 0.0315. The van der Waals surface area contributed by atoms with Crippen LogP contribution in [0.25, 0.3) is 0 Å². The Hall–Kier alpha value is -1.14. The third-order valence-electron chi connectivity index (χ3n) is 3.08. The molecule has 1 atom stereocenters. The van der Waals surface area contributed by atoms with Crippen molar-refractivity contribution >= 4 is 22.4 Å². The van der Waals surface area contributed by atoms with Crippen LogP contribution < -0.4 is 5.32 Å². The molecule has 0 spiro atoms. The third kappa shape index (κ3) is 2.81. The van der Waals surface area contributed by atoms with Crippen molar-refractivity contribution in [1.82, 2.24) is 4.98 Å². The van der Waals surface area contributed by atoms with Crippen molar-refractivity contribution in [3.8, 4) is 0 Å². The summed E-state index contributed by atoms with van der Waals surface area (Å²) in [5.74, 6) is -0.332. The average Bonchev–Trinajstić information content (AvgIpc) is 2.93. The highest BCUT2D eigenvalue weighted by atomic mass is 32.1. The highest BCUT2D eigenvalue weighted by Crippen LogP contribution is 2.28. The van der Waals surface area contributed by atoms with Crippen molar-refractivity contribution in [3.05, 3.63) is 10.6 Å². The molecular weight excluding hydrogens is 252 g/mol. The fourth-order valence-electron chi connectivity index (χ4n) is 1.99. The van der Waals surface area contributed by atoms with Crippen molar-refractivity contribution in [2.45, 2.75) is 32.3 Å². The molecule has 1 aromatic heterocycles. The second-order valence-electron chi connectivity index (χ2n) is 4.68. The molecule has 0 aliphatic carbocycles. The maximum absolute atomic E-state index is 11.5. The zero-order chi connectivity index (χ0) is 13.2. The van der Waals surface area contributed by atoms with E-state index in [2.05, 4.69) is 17.2 Å². The number of aryl methyl sites for hydroxylation is 1. The molecule has 18 heavy (non-hydrogen) atoms. The monoisotopic (exact) mass is 270 g/mol. The summed E-state index contributed by atoms with van der Waals surface area (Å²) in [5.41, 5.74) is 0.581. The van der Waals surface area contributed by atoms with Gasteiger partial charge in [-0.3, -0.25) is 0 Å². The first-order valence-electron chi connectivity index (χ1n) is 5.98. The first kappa shape index (κ1) is 13.3. The molecule has 0 aromatic carbocycles. The van der Waals surface area contributed by atoms with Gasteiger partial charge in [0, 0.05) is 13.2 Å². The van der Waals surface area contributed by atoms with E-state index in [0.29, 0.717) is 17.1 Å². The zero-order valence-corrected chi connectivity index (χ0v) is 11.7. The molecule has 0 saturated carbocycles. The van der Waals surface area contributed by atoms with Gasteiger partial charge in [-0.25, -0.2) is 9.78 Å². The first-order chi connectivity index (χ1) is 8.54. The van der Waals surface area contributed by atoms with E-state index in [0.717, 1.165) is 24.6 Å². The maximum Gasteiger partial charge on any atom is 0.350 e. The molecule has 1 unspecified atom stereocenters. The summed E-state index contributed by atoms with van der Waals surface area (Å²) in [6.07, 6.45) is 2.15. The number of rotatable bonds is 4. The Balaban J connectivity index is 2.00. The fraction of sp³-hybridized carbons (Fsp3) is 0.667. The molecule has 1 aliphatic heterocycles. The molecule has 1 aromatic rings. The minimum absolute atomic E-state index is 0.120. The topological polar surface area (TPSA) is 60.5 Å². The number of nitrogens with one attached hydrogen (secondary N) is 1. The smallest absolute Gasteiger partial charge is 0.350 e. The number of carbonyl (C=O) groups excluding carboxylic acids is 1. The molecule has 5 nitrogen and oxygen atoms in total. The number of hydrogen-bond donors (Lipinski definition) is 1. The van der Waals surface area contributed by atoms with Crippen LogP contribution in [0.3, 0.4) is 0 Å². The lowest BCUT2D eigenvalue weighted by Gasteiger charge is -2.22. The maximum atomic E-state index is 11.5. The highest BCUT2D eigenvalue weighted by Gasteiger charge is 2.29. The van der Waals surface area contributed by atoms with E-state index in [1.54, 1.807) is 0 Å². The van der Waals surface area contributed by atoms with Crippen LogP contribution >= 0.6 is 11.3 Å². The molecule has 0 radical (unpaired) electrons. The van der Waals surface area contributed by atoms with Gasteiger partial charge in [0.15, 0.2) is 5.13 Å². The van der Waals surface area contributed by atoms with Crippen LogP contribution in [-0.2, 0) is 9.47 Å². The number of thiazole rings is 1. The van der Waals surface area contributed by atoms with Gasteiger partial charge >= 0.3 is 5.97 Å². The molecule has 1 saturated heterocycles.